The zero-order valence-corrected chi connectivity index (χ0v) is 21.7. The summed E-state index contributed by atoms with van der Waals surface area (Å²) in [5.74, 6) is -1.24. The summed E-state index contributed by atoms with van der Waals surface area (Å²) in [7, 11) is -1.76. The van der Waals surface area contributed by atoms with Crippen molar-refractivity contribution in [1.82, 2.24) is 15.1 Å². The van der Waals surface area contributed by atoms with Gasteiger partial charge in [0.25, 0.3) is 0 Å². The Bertz CT molecular complexity index is 1330. The van der Waals surface area contributed by atoms with Crippen molar-refractivity contribution < 1.29 is 22.3 Å². The smallest absolute Gasteiger partial charge is 0.227 e. The Morgan fingerprint density at radius 2 is 1.89 bits per heavy atom. The molecule has 1 atom stereocenters. The summed E-state index contributed by atoms with van der Waals surface area (Å²) in [6.45, 7) is 8.10. The third-order valence-electron chi connectivity index (χ3n) is 5.68. The minimum atomic E-state index is -3.36. The lowest BCUT2D eigenvalue weighted by atomic mass is 9.92. The number of hydrogen-bond acceptors (Lipinski definition) is 5. The van der Waals surface area contributed by atoms with Crippen LogP contribution in [0.1, 0.15) is 56.1 Å². The number of aromatic nitrogens is 2. The van der Waals surface area contributed by atoms with Crippen molar-refractivity contribution in [3.8, 4) is 11.4 Å². The number of amides is 1. The zero-order chi connectivity index (χ0) is 26.0. The number of nitrogens with one attached hydrogen (secondary N) is 1. The van der Waals surface area contributed by atoms with Crippen molar-refractivity contribution in [3.05, 3.63) is 76.9 Å². The van der Waals surface area contributed by atoms with Crippen molar-refractivity contribution in [2.75, 3.05) is 13.4 Å². The molecule has 7 nitrogen and oxygen atoms in total. The van der Waals surface area contributed by atoms with Crippen LogP contribution in [0.15, 0.2) is 48.5 Å². The second kappa shape index (κ2) is 10.2. The largest absolute Gasteiger partial charge is 0.497 e. The summed E-state index contributed by atoms with van der Waals surface area (Å²) in [4.78, 5) is 12.9. The van der Waals surface area contributed by atoms with Crippen molar-refractivity contribution in [1.29, 1.82) is 0 Å². The predicted molar refractivity (Wildman–Crippen MR) is 134 cm³/mol. The van der Waals surface area contributed by atoms with Gasteiger partial charge in [0.2, 0.25) is 5.91 Å². The normalized spacial score (nSPS) is 12.9. The molecule has 0 fully saturated rings. The summed E-state index contributed by atoms with van der Waals surface area (Å²) in [5, 5.41) is 7.69. The van der Waals surface area contributed by atoms with Crippen molar-refractivity contribution >= 4 is 15.7 Å². The topological polar surface area (TPSA) is 90.3 Å². The molecule has 3 aromatic rings. The van der Waals surface area contributed by atoms with Gasteiger partial charge < -0.3 is 10.1 Å². The number of carbonyl (C=O) groups excluding carboxylic acids is 1. The highest BCUT2D eigenvalue weighted by atomic mass is 32.2. The van der Waals surface area contributed by atoms with E-state index in [4.69, 9.17) is 9.84 Å². The molecule has 188 valence electrons. The number of benzene rings is 2. The summed E-state index contributed by atoms with van der Waals surface area (Å²) in [6, 6.07) is 13.7. The zero-order valence-electron chi connectivity index (χ0n) is 20.9. The Balaban J connectivity index is 1.81. The molecule has 9 heteroatoms. The lowest BCUT2D eigenvalue weighted by Gasteiger charge is -2.15. The van der Waals surface area contributed by atoms with Crippen LogP contribution in [0.25, 0.3) is 5.69 Å². The molecule has 35 heavy (non-hydrogen) atoms. The fourth-order valence-corrected chi connectivity index (χ4v) is 4.39. The Kier molecular flexibility index (Phi) is 7.69. The maximum Gasteiger partial charge on any atom is 0.227 e. The van der Waals surface area contributed by atoms with Crippen molar-refractivity contribution in [3.63, 3.8) is 0 Å². The Morgan fingerprint density at radius 1 is 1.17 bits per heavy atom. The molecule has 0 spiro atoms. The first kappa shape index (κ1) is 26.4. The van der Waals surface area contributed by atoms with E-state index in [0.29, 0.717) is 11.3 Å². The molecule has 1 aromatic heterocycles. The van der Waals surface area contributed by atoms with E-state index >= 15 is 0 Å². The van der Waals surface area contributed by atoms with Gasteiger partial charge in [-0.25, -0.2) is 17.5 Å². The van der Waals surface area contributed by atoms with Crippen LogP contribution >= 0.6 is 0 Å². The number of ether oxygens (including phenoxy) is 1. The Labute approximate surface area is 206 Å². The predicted octanol–water partition coefficient (Wildman–Crippen LogP) is 4.28. The number of rotatable bonds is 8. The number of carbonyl (C=O) groups is 1. The molecular weight excluding hydrogens is 469 g/mol. The van der Waals surface area contributed by atoms with Gasteiger partial charge in [0, 0.05) is 23.3 Å². The van der Waals surface area contributed by atoms with Crippen LogP contribution in [0.2, 0.25) is 0 Å². The second-order valence-corrected chi connectivity index (χ2v) is 11.9. The van der Waals surface area contributed by atoms with Gasteiger partial charge >= 0.3 is 0 Å². The molecule has 2 aromatic carbocycles. The molecule has 0 aliphatic heterocycles. The molecule has 1 unspecified atom stereocenters. The molecule has 1 N–H and O–H groups in total. The number of sulfone groups is 1. The van der Waals surface area contributed by atoms with Gasteiger partial charge in [-0.15, -0.1) is 0 Å². The molecule has 1 amide bonds. The molecule has 0 radical (unpaired) electrons. The number of hydrogen-bond donors (Lipinski definition) is 1. The van der Waals surface area contributed by atoms with Gasteiger partial charge in [-0.2, -0.15) is 5.10 Å². The third kappa shape index (κ3) is 6.69. The van der Waals surface area contributed by atoms with E-state index in [9.17, 15) is 17.6 Å². The van der Waals surface area contributed by atoms with Crippen LogP contribution in [0.3, 0.4) is 0 Å². The Morgan fingerprint density at radius 3 is 2.49 bits per heavy atom. The highest BCUT2D eigenvalue weighted by Gasteiger charge is 2.22. The summed E-state index contributed by atoms with van der Waals surface area (Å²) in [5.41, 5.74) is 2.83. The minimum Gasteiger partial charge on any atom is -0.497 e. The molecular formula is C26H32FN3O4S. The van der Waals surface area contributed by atoms with E-state index in [0.717, 1.165) is 23.3 Å². The molecule has 0 bridgehead atoms. The van der Waals surface area contributed by atoms with Crippen molar-refractivity contribution in [2.45, 2.75) is 51.3 Å². The SMILES string of the molecule is COc1cccc(-n2nc(C(C)(C)C)cc2CNC(=O)C(C)c2ccc(CS(C)(=O)=O)c(F)c2)c1. The first-order valence-electron chi connectivity index (χ1n) is 11.3. The van der Waals surface area contributed by atoms with Gasteiger partial charge in [-0.05, 0) is 36.8 Å². The van der Waals surface area contributed by atoms with E-state index in [1.807, 2.05) is 30.3 Å². The van der Waals surface area contributed by atoms with Gasteiger partial charge in [0.15, 0.2) is 9.84 Å². The molecule has 0 aliphatic carbocycles. The van der Waals surface area contributed by atoms with Crippen LogP contribution in [0.4, 0.5) is 4.39 Å². The Hall–Kier alpha value is -3.20. The number of methoxy groups -OCH3 is 1. The summed E-state index contributed by atoms with van der Waals surface area (Å²) in [6.07, 6.45) is 1.05. The molecule has 1 heterocycles. The second-order valence-electron chi connectivity index (χ2n) is 9.74. The summed E-state index contributed by atoms with van der Waals surface area (Å²) >= 11 is 0. The average molecular weight is 502 g/mol. The fourth-order valence-electron chi connectivity index (χ4n) is 3.59. The fraction of sp³-hybridized carbons (Fsp3) is 0.385. The van der Waals surface area contributed by atoms with Crippen LogP contribution < -0.4 is 10.1 Å². The average Bonchev–Trinajstić information content (AvgIpc) is 3.22. The highest BCUT2D eigenvalue weighted by molar-refractivity contribution is 7.89. The van der Waals surface area contributed by atoms with Crippen LogP contribution in [0.5, 0.6) is 5.75 Å². The lowest BCUT2D eigenvalue weighted by Crippen LogP contribution is -2.28. The molecule has 0 saturated carbocycles. The molecule has 3 rings (SSSR count). The maximum atomic E-state index is 14.5. The number of nitrogens with zero attached hydrogens (tertiary/aromatic N) is 2. The molecule has 0 saturated heterocycles. The van der Waals surface area contributed by atoms with E-state index in [-0.39, 0.29) is 29.2 Å². The number of halogens is 1. The quantitative estimate of drug-likeness (QED) is 0.498. The first-order chi connectivity index (χ1) is 16.3. The first-order valence-corrected chi connectivity index (χ1v) is 13.3. The van der Waals surface area contributed by atoms with Gasteiger partial charge in [0.1, 0.15) is 11.6 Å². The van der Waals surface area contributed by atoms with Gasteiger partial charge in [-0.3, -0.25) is 4.79 Å². The van der Waals surface area contributed by atoms with Gasteiger partial charge in [-0.1, -0.05) is 39.0 Å². The third-order valence-corrected chi connectivity index (χ3v) is 6.52. The standard InChI is InChI=1S/C26H32FN3O4S/c1-17(18-10-11-19(23(27)12-18)16-35(6,32)33)25(31)28-15-21-14-24(26(2,3)4)29-30(21)20-8-7-9-22(13-20)34-5/h7-14,17H,15-16H2,1-6H3,(H,28,31). The minimum absolute atomic E-state index is 0.0840. The van der Waals surface area contributed by atoms with E-state index < -0.39 is 21.6 Å². The van der Waals surface area contributed by atoms with E-state index in [2.05, 4.69) is 26.1 Å². The van der Waals surface area contributed by atoms with Crippen molar-refractivity contribution in [2.24, 2.45) is 0 Å². The monoisotopic (exact) mass is 501 g/mol. The van der Waals surface area contributed by atoms with E-state index in [1.54, 1.807) is 24.8 Å². The van der Waals surface area contributed by atoms with Crippen LogP contribution in [-0.4, -0.2) is 37.5 Å². The van der Waals surface area contributed by atoms with Gasteiger partial charge in [0.05, 0.1) is 42.4 Å². The summed E-state index contributed by atoms with van der Waals surface area (Å²) < 4.78 is 44.5. The van der Waals surface area contributed by atoms with Crippen LogP contribution in [0, 0.1) is 5.82 Å². The van der Waals surface area contributed by atoms with Crippen LogP contribution in [-0.2, 0) is 32.3 Å². The highest BCUT2D eigenvalue weighted by Crippen LogP contribution is 2.26. The molecule has 0 aliphatic rings. The maximum absolute atomic E-state index is 14.5. The lowest BCUT2D eigenvalue weighted by molar-refractivity contribution is -0.122. The van der Waals surface area contributed by atoms with E-state index in [1.165, 1.54) is 12.1 Å².